The molecule has 3 aromatic rings. The van der Waals surface area contributed by atoms with Gasteiger partial charge in [0.2, 0.25) is 5.91 Å². The smallest absolute Gasteiger partial charge is 0.338 e. The van der Waals surface area contributed by atoms with Crippen molar-refractivity contribution in [2.45, 2.75) is 25.7 Å². The summed E-state index contributed by atoms with van der Waals surface area (Å²) in [5.74, 6) is -0.992. The summed E-state index contributed by atoms with van der Waals surface area (Å²) in [6, 6.07) is 17.3. The molecule has 1 amide bonds. The summed E-state index contributed by atoms with van der Waals surface area (Å²) in [5.41, 5.74) is 2.77. The van der Waals surface area contributed by atoms with E-state index in [2.05, 4.69) is 5.32 Å². The molecule has 0 atom stereocenters. The Balaban J connectivity index is 1.88. The molecule has 9 heteroatoms. The van der Waals surface area contributed by atoms with E-state index in [1.165, 1.54) is 24.3 Å². The number of amides is 1. The molecule has 3 aromatic carbocycles. The first-order valence-electron chi connectivity index (χ1n) is 10.5. The van der Waals surface area contributed by atoms with Crippen molar-refractivity contribution in [2.24, 2.45) is 0 Å². The number of anilines is 2. The molecule has 0 aliphatic heterocycles. The van der Waals surface area contributed by atoms with Crippen molar-refractivity contribution in [1.82, 2.24) is 0 Å². The molecule has 34 heavy (non-hydrogen) atoms. The second-order valence-electron chi connectivity index (χ2n) is 7.60. The van der Waals surface area contributed by atoms with E-state index in [0.717, 1.165) is 9.87 Å². The highest BCUT2D eigenvalue weighted by atomic mass is 35.5. The van der Waals surface area contributed by atoms with E-state index in [0.29, 0.717) is 27.5 Å². The second kappa shape index (κ2) is 10.7. The van der Waals surface area contributed by atoms with E-state index >= 15 is 0 Å². The third-order valence-electron chi connectivity index (χ3n) is 5.02. The van der Waals surface area contributed by atoms with Gasteiger partial charge in [-0.05, 0) is 80.9 Å². The maximum absolute atomic E-state index is 13.4. The Labute approximate surface area is 204 Å². The topological polar surface area (TPSA) is 92.8 Å². The summed E-state index contributed by atoms with van der Waals surface area (Å²) in [6.07, 6.45) is 0. The number of carbonyl (C=O) groups excluding carboxylic acids is 2. The van der Waals surface area contributed by atoms with E-state index < -0.39 is 28.4 Å². The standard InChI is InChI=1S/C25H25ClN2O5S/c1-4-33-25(30)19-7-14-23(18(3)15-19)27-24(29)16-28(21-10-5-17(2)6-11-21)34(31,32)22-12-8-20(26)9-13-22/h5-15H,4,16H2,1-3H3,(H,27,29). The third-order valence-corrected chi connectivity index (χ3v) is 7.06. The van der Waals surface area contributed by atoms with E-state index in [9.17, 15) is 18.0 Å². The minimum atomic E-state index is -4.05. The Morgan fingerprint density at radius 3 is 2.21 bits per heavy atom. The predicted octanol–water partition coefficient (Wildman–Crippen LogP) is 4.97. The zero-order valence-electron chi connectivity index (χ0n) is 19.0. The van der Waals surface area contributed by atoms with Gasteiger partial charge in [0.15, 0.2) is 0 Å². The number of rotatable bonds is 8. The molecule has 0 aromatic heterocycles. The Hall–Kier alpha value is -3.36. The summed E-state index contributed by atoms with van der Waals surface area (Å²) < 4.78 is 32.9. The molecule has 0 radical (unpaired) electrons. The van der Waals surface area contributed by atoms with Crippen LogP contribution in [0.2, 0.25) is 5.02 Å². The SMILES string of the molecule is CCOC(=O)c1ccc(NC(=O)CN(c2ccc(C)cc2)S(=O)(=O)c2ccc(Cl)cc2)c(C)c1. The number of nitrogens with zero attached hydrogens (tertiary/aromatic N) is 1. The Morgan fingerprint density at radius 1 is 0.971 bits per heavy atom. The fourth-order valence-corrected chi connectivity index (χ4v) is 4.77. The van der Waals surface area contributed by atoms with E-state index in [-0.39, 0.29) is 11.5 Å². The lowest BCUT2D eigenvalue weighted by atomic mass is 10.1. The first kappa shape index (κ1) is 25.3. The van der Waals surface area contributed by atoms with Crippen LogP contribution in [0.1, 0.15) is 28.4 Å². The molecule has 0 aliphatic carbocycles. The predicted molar refractivity (Wildman–Crippen MR) is 133 cm³/mol. The van der Waals surface area contributed by atoms with Gasteiger partial charge in [0.05, 0.1) is 22.8 Å². The van der Waals surface area contributed by atoms with Crippen molar-refractivity contribution in [3.8, 4) is 0 Å². The molecular weight excluding hydrogens is 476 g/mol. The Kier molecular flexibility index (Phi) is 7.96. The van der Waals surface area contributed by atoms with Gasteiger partial charge in [-0.3, -0.25) is 9.10 Å². The van der Waals surface area contributed by atoms with Gasteiger partial charge < -0.3 is 10.1 Å². The number of sulfonamides is 1. The van der Waals surface area contributed by atoms with Crippen LogP contribution in [-0.4, -0.2) is 33.4 Å². The molecule has 3 rings (SSSR count). The van der Waals surface area contributed by atoms with Crippen LogP contribution in [-0.2, 0) is 19.6 Å². The van der Waals surface area contributed by atoms with Crippen LogP contribution in [0.25, 0.3) is 0 Å². The minimum Gasteiger partial charge on any atom is -0.462 e. The number of aryl methyl sites for hydroxylation is 2. The lowest BCUT2D eigenvalue weighted by molar-refractivity contribution is -0.114. The summed E-state index contributed by atoms with van der Waals surface area (Å²) in [5, 5.41) is 3.14. The maximum atomic E-state index is 13.4. The van der Waals surface area contributed by atoms with Gasteiger partial charge in [0.25, 0.3) is 10.0 Å². The number of hydrogen-bond donors (Lipinski definition) is 1. The molecule has 0 saturated carbocycles. The van der Waals surface area contributed by atoms with Crippen molar-refractivity contribution >= 4 is 44.9 Å². The van der Waals surface area contributed by atoms with Crippen LogP contribution in [0.4, 0.5) is 11.4 Å². The quantitative estimate of drug-likeness (QED) is 0.441. The average molecular weight is 501 g/mol. The van der Waals surface area contributed by atoms with Crippen LogP contribution < -0.4 is 9.62 Å². The van der Waals surface area contributed by atoms with E-state index in [1.54, 1.807) is 56.3 Å². The zero-order valence-corrected chi connectivity index (χ0v) is 20.6. The highest BCUT2D eigenvalue weighted by molar-refractivity contribution is 7.92. The van der Waals surface area contributed by atoms with Gasteiger partial charge in [-0.25, -0.2) is 13.2 Å². The molecule has 1 N–H and O–H groups in total. The van der Waals surface area contributed by atoms with Gasteiger partial charge >= 0.3 is 5.97 Å². The average Bonchev–Trinajstić information content (AvgIpc) is 2.80. The molecule has 0 aliphatic rings. The van der Waals surface area contributed by atoms with E-state index in [4.69, 9.17) is 16.3 Å². The highest BCUT2D eigenvalue weighted by Crippen LogP contribution is 2.25. The number of halogens is 1. The van der Waals surface area contributed by atoms with E-state index in [1.807, 2.05) is 6.92 Å². The number of esters is 1. The number of benzene rings is 3. The van der Waals surface area contributed by atoms with Crippen molar-refractivity contribution in [1.29, 1.82) is 0 Å². The van der Waals surface area contributed by atoms with Gasteiger partial charge in [-0.1, -0.05) is 29.3 Å². The normalized spacial score (nSPS) is 11.1. The van der Waals surface area contributed by atoms with Crippen molar-refractivity contribution < 1.29 is 22.7 Å². The van der Waals surface area contributed by atoms with Crippen molar-refractivity contribution in [3.63, 3.8) is 0 Å². The Bertz CT molecular complexity index is 1290. The second-order valence-corrected chi connectivity index (χ2v) is 9.90. The summed E-state index contributed by atoms with van der Waals surface area (Å²) >= 11 is 5.91. The van der Waals surface area contributed by atoms with Crippen LogP contribution in [0.5, 0.6) is 0 Å². The largest absolute Gasteiger partial charge is 0.462 e. The van der Waals surface area contributed by atoms with Gasteiger partial charge in [-0.2, -0.15) is 0 Å². The maximum Gasteiger partial charge on any atom is 0.338 e. The molecule has 0 heterocycles. The Morgan fingerprint density at radius 2 is 1.62 bits per heavy atom. The molecule has 178 valence electrons. The van der Waals surface area contributed by atoms with Crippen molar-refractivity contribution in [3.05, 3.63) is 88.4 Å². The summed E-state index contributed by atoms with van der Waals surface area (Å²) in [4.78, 5) is 24.9. The van der Waals surface area contributed by atoms with Crippen LogP contribution in [0, 0.1) is 13.8 Å². The van der Waals surface area contributed by atoms with Gasteiger partial charge in [0.1, 0.15) is 6.54 Å². The number of ether oxygens (including phenoxy) is 1. The molecule has 0 saturated heterocycles. The lowest BCUT2D eigenvalue weighted by Gasteiger charge is -2.24. The van der Waals surface area contributed by atoms with Gasteiger partial charge in [-0.15, -0.1) is 0 Å². The minimum absolute atomic E-state index is 0.0141. The number of nitrogens with one attached hydrogen (secondary N) is 1. The highest BCUT2D eigenvalue weighted by Gasteiger charge is 2.27. The molecule has 0 bridgehead atoms. The van der Waals surface area contributed by atoms with Crippen LogP contribution >= 0.6 is 11.6 Å². The molecule has 0 fully saturated rings. The molecule has 7 nitrogen and oxygen atoms in total. The molecule has 0 unspecified atom stereocenters. The fraction of sp³-hybridized carbons (Fsp3) is 0.200. The first-order chi connectivity index (χ1) is 16.1. The summed E-state index contributed by atoms with van der Waals surface area (Å²) in [7, 11) is -4.05. The fourth-order valence-electron chi connectivity index (χ4n) is 3.23. The van der Waals surface area contributed by atoms with Crippen molar-refractivity contribution in [2.75, 3.05) is 22.8 Å². The summed E-state index contributed by atoms with van der Waals surface area (Å²) in [6.45, 7) is 5.15. The van der Waals surface area contributed by atoms with Gasteiger partial charge in [0, 0.05) is 10.7 Å². The monoisotopic (exact) mass is 500 g/mol. The van der Waals surface area contributed by atoms with Crippen LogP contribution in [0.3, 0.4) is 0 Å². The first-order valence-corrected chi connectivity index (χ1v) is 12.4. The third kappa shape index (κ3) is 5.95. The number of carbonyl (C=O) groups is 2. The zero-order chi connectivity index (χ0) is 24.9. The lowest BCUT2D eigenvalue weighted by Crippen LogP contribution is -2.38. The van der Waals surface area contributed by atoms with Crippen LogP contribution in [0.15, 0.2) is 71.6 Å². The number of hydrogen-bond acceptors (Lipinski definition) is 5. The molecule has 0 spiro atoms. The molecular formula is C25H25ClN2O5S.